The van der Waals surface area contributed by atoms with Gasteiger partial charge in [0.05, 0.1) is 5.75 Å². The molecule has 2 aromatic rings. The number of amides is 1. The normalized spacial score (nSPS) is 10.2. The minimum Gasteiger partial charge on any atom is -0.348 e. The molecule has 0 bridgehead atoms. The number of carbonyl (C=O) groups excluding carboxylic acids is 1. The molecule has 1 heterocycles. The van der Waals surface area contributed by atoms with Crippen LogP contribution in [0, 0.1) is 6.92 Å². The summed E-state index contributed by atoms with van der Waals surface area (Å²) < 4.78 is 0. The molecule has 1 aromatic carbocycles. The molecule has 0 aliphatic carbocycles. The minimum absolute atomic E-state index is 0.120. The van der Waals surface area contributed by atoms with Gasteiger partial charge in [-0.05, 0) is 18.6 Å². The zero-order valence-corrected chi connectivity index (χ0v) is 10.4. The standard InChI is InChI=1S/C13H14N2OS/c1-9-2-4-10(5-3-9)11-6-12(14-7-11)15-13(16)8-17/h2-7,14,17H,8H2,1H3,(H,15,16). The van der Waals surface area contributed by atoms with Gasteiger partial charge in [-0.15, -0.1) is 0 Å². The predicted molar refractivity (Wildman–Crippen MR) is 73.4 cm³/mol. The van der Waals surface area contributed by atoms with Gasteiger partial charge in [-0.3, -0.25) is 4.79 Å². The molecule has 2 N–H and O–H groups in total. The molecule has 1 aromatic heterocycles. The van der Waals surface area contributed by atoms with Gasteiger partial charge in [-0.2, -0.15) is 12.6 Å². The van der Waals surface area contributed by atoms with Gasteiger partial charge >= 0.3 is 0 Å². The van der Waals surface area contributed by atoms with E-state index in [1.54, 1.807) is 0 Å². The molecule has 17 heavy (non-hydrogen) atoms. The number of thiol groups is 1. The van der Waals surface area contributed by atoms with E-state index >= 15 is 0 Å². The molecule has 0 spiro atoms. The van der Waals surface area contributed by atoms with Crippen LogP contribution in [0.4, 0.5) is 5.82 Å². The van der Waals surface area contributed by atoms with E-state index in [0.717, 1.165) is 11.1 Å². The fourth-order valence-corrected chi connectivity index (χ4v) is 1.65. The smallest absolute Gasteiger partial charge is 0.235 e. The van der Waals surface area contributed by atoms with Gasteiger partial charge in [-0.1, -0.05) is 29.8 Å². The Kier molecular flexibility index (Phi) is 3.54. The first-order valence-electron chi connectivity index (χ1n) is 5.35. The van der Waals surface area contributed by atoms with Crippen molar-refractivity contribution in [1.82, 2.24) is 4.98 Å². The number of aromatic nitrogens is 1. The monoisotopic (exact) mass is 246 g/mol. The van der Waals surface area contributed by atoms with E-state index < -0.39 is 0 Å². The number of H-pyrrole nitrogens is 1. The van der Waals surface area contributed by atoms with Crippen molar-refractivity contribution in [3.63, 3.8) is 0 Å². The van der Waals surface area contributed by atoms with E-state index in [-0.39, 0.29) is 11.7 Å². The second-order valence-corrected chi connectivity index (χ2v) is 4.19. The van der Waals surface area contributed by atoms with Crippen LogP contribution in [0.15, 0.2) is 36.5 Å². The number of nitrogens with one attached hydrogen (secondary N) is 2. The molecule has 1 amide bonds. The largest absolute Gasteiger partial charge is 0.348 e. The Bertz CT molecular complexity index is 516. The molecule has 0 saturated carbocycles. The van der Waals surface area contributed by atoms with Gasteiger partial charge < -0.3 is 10.3 Å². The van der Waals surface area contributed by atoms with E-state index in [1.165, 1.54) is 5.56 Å². The fraction of sp³-hybridized carbons (Fsp3) is 0.154. The lowest BCUT2D eigenvalue weighted by molar-refractivity contribution is -0.113. The van der Waals surface area contributed by atoms with Gasteiger partial charge in [0.2, 0.25) is 5.91 Å². The third-order valence-corrected chi connectivity index (χ3v) is 2.77. The van der Waals surface area contributed by atoms with Crippen molar-refractivity contribution in [3.05, 3.63) is 42.1 Å². The summed E-state index contributed by atoms with van der Waals surface area (Å²) in [7, 11) is 0. The highest BCUT2D eigenvalue weighted by atomic mass is 32.1. The molecule has 0 fully saturated rings. The van der Waals surface area contributed by atoms with Crippen molar-refractivity contribution in [2.75, 3.05) is 11.1 Å². The van der Waals surface area contributed by atoms with Gasteiger partial charge in [0.25, 0.3) is 0 Å². The molecule has 0 atom stereocenters. The zero-order chi connectivity index (χ0) is 12.3. The molecule has 0 unspecified atom stereocenters. The average molecular weight is 246 g/mol. The lowest BCUT2D eigenvalue weighted by atomic mass is 10.1. The van der Waals surface area contributed by atoms with Crippen LogP contribution in [0.1, 0.15) is 5.56 Å². The van der Waals surface area contributed by atoms with Crippen molar-refractivity contribution >= 4 is 24.4 Å². The van der Waals surface area contributed by atoms with E-state index in [2.05, 4.69) is 54.1 Å². The number of hydrogen-bond donors (Lipinski definition) is 3. The number of aryl methyl sites for hydroxylation is 1. The van der Waals surface area contributed by atoms with E-state index in [4.69, 9.17) is 0 Å². The first-order valence-corrected chi connectivity index (χ1v) is 5.98. The molecular weight excluding hydrogens is 232 g/mol. The van der Waals surface area contributed by atoms with Crippen LogP contribution in [0.2, 0.25) is 0 Å². The minimum atomic E-state index is -0.120. The van der Waals surface area contributed by atoms with Crippen LogP contribution < -0.4 is 5.32 Å². The summed E-state index contributed by atoms with van der Waals surface area (Å²) in [5.41, 5.74) is 3.41. The number of hydrogen-bond acceptors (Lipinski definition) is 2. The quantitative estimate of drug-likeness (QED) is 0.716. The summed E-state index contributed by atoms with van der Waals surface area (Å²) in [6.07, 6.45) is 1.87. The van der Waals surface area contributed by atoms with Crippen molar-refractivity contribution < 1.29 is 4.79 Å². The number of carbonyl (C=O) groups is 1. The van der Waals surface area contributed by atoms with E-state index in [1.807, 2.05) is 12.3 Å². The Hall–Kier alpha value is -1.68. The Morgan fingerprint density at radius 3 is 2.65 bits per heavy atom. The molecule has 0 aliphatic rings. The van der Waals surface area contributed by atoms with E-state index in [9.17, 15) is 4.79 Å². The molecule has 4 heteroatoms. The van der Waals surface area contributed by atoms with Gasteiger partial charge in [-0.25, -0.2) is 0 Å². The number of aromatic amines is 1. The van der Waals surface area contributed by atoms with Crippen molar-refractivity contribution in [2.45, 2.75) is 6.92 Å². The molecule has 0 radical (unpaired) electrons. The summed E-state index contributed by atoms with van der Waals surface area (Å²) in [5.74, 6) is 0.754. The molecule has 2 rings (SSSR count). The van der Waals surface area contributed by atoms with Crippen LogP contribution in [0.5, 0.6) is 0 Å². The summed E-state index contributed by atoms with van der Waals surface area (Å²) in [6.45, 7) is 2.05. The Balaban J connectivity index is 2.18. The first-order chi connectivity index (χ1) is 8.19. The lowest BCUT2D eigenvalue weighted by Gasteiger charge is -1.99. The van der Waals surface area contributed by atoms with Crippen LogP contribution in [-0.4, -0.2) is 16.6 Å². The number of rotatable bonds is 3. The Morgan fingerprint density at radius 2 is 2.00 bits per heavy atom. The molecule has 88 valence electrons. The first kappa shape index (κ1) is 11.8. The van der Waals surface area contributed by atoms with Crippen LogP contribution in [0.25, 0.3) is 11.1 Å². The van der Waals surface area contributed by atoms with Gasteiger partial charge in [0.1, 0.15) is 5.82 Å². The van der Waals surface area contributed by atoms with Gasteiger partial charge in [0, 0.05) is 11.8 Å². The zero-order valence-electron chi connectivity index (χ0n) is 9.53. The number of anilines is 1. The second-order valence-electron chi connectivity index (χ2n) is 3.87. The van der Waals surface area contributed by atoms with Crippen LogP contribution >= 0.6 is 12.6 Å². The van der Waals surface area contributed by atoms with Gasteiger partial charge in [0.15, 0.2) is 0 Å². The van der Waals surface area contributed by atoms with Crippen molar-refractivity contribution in [1.29, 1.82) is 0 Å². The Morgan fingerprint density at radius 1 is 1.29 bits per heavy atom. The van der Waals surface area contributed by atoms with Crippen molar-refractivity contribution in [2.24, 2.45) is 0 Å². The maximum absolute atomic E-state index is 11.2. The number of benzene rings is 1. The highest BCUT2D eigenvalue weighted by Gasteiger charge is 2.04. The fourth-order valence-electron chi connectivity index (χ4n) is 1.57. The average Bonchev–Trinajstić information content (AvgIpc) is 2.78. The lowest BCUT2D eigenvalue weighted by Crippen LogP contribution is -2.12. The van der Waals surface area contributed by atoms with E-state index in [0.29, 0.717) is 5.82 Å². The van der Waals surface area contributed by atoms with Crippen LogP contribution in [-0.2, 0) is 4.79 Å². The van der Waals surface area contributed by atoms with Crippen molar-refractivity contribution in [3.8, 4) is 11.1 Å². The summed E-state index contributed by atoms with van der Waals surface area (Å²) in [4.78, 5) is 14.2. The summed E-state index contributed by atoms with van der Waals surface area (Å²) >= 11 is 3.91. The summed E-state index contributed by atoms with van der Waals surface area (Å²) in [6, 6.07) is 10.2. The third kappa shape index (κ3) is 2.91. The topological polar surface area (TPSA) is 44.9 Å². The molecular formula is C13H14N2OS. The molecule has 0 saturated heterocycles. The highest BCUT2D eigenvalue weighted by Crippen LogP contribution is 2.22. The maximum atomic E-state index is 11.2. The highest BCUT2D eigenvalue weighted by molar-refractivity contribution is 7.81. The predicted octanol–water partition coefficient (Wildman–Crippen LogP) is 2.86. The third-order valence-electron chi connectivity index (χ3n) is 2.49. The summed E-state index contributed by atoms with van der Waals surface area (Å²) in [5, 5.41) is 2.72. The SMILES string of the molecule is Cc1ccc(-c2c[nH]c(NC(=O)CS)c2)cc1. The van der Waals surface area contributed by atoms with Crippen LogP contribution in [0.3, 0.4) is 0 Å². The molecule has 0 aliphatic heterocycles. The Labute approximate surface area is 106 Å². The molecule has 3 nitrogen and oxygen atoms in total. The second kappa shape index (κ2) is 5.10. The maximum Gasteiger partial charge on any atom is 0.235 e.